The van der Waals surface area contributed by atoms with Gasteiger partial charge < -0.3 is 19.5 Å². The summed E-state index contributed by atoms with van der Waals surface area (Å²) in [5, 5.41) is 9.57. The highest BCUT2D eigenvalue weighted by Gasteiger charge is 2.52. The summed E-state index contributed by atoms with van der Waals surface area (Å²) in [4.78, 5) is 32.5. The summed E-state index contributed by atoms with van der Waals surface area (Å²) in [5.74, 6) is -0.0203. The fourth-order valence-electron chi connectivity index (χ4n) is 4.88. The lowest BCUT2D eigenvalue weighted by molar-refractivity contribution is -0.152. The number of carboxylic acid groups (broad SMARTS) is 1. The first-order valence-corrected chi connectivity index (χ1v) is 10.8. The van der Waals surface area contributed by atoms with Crippen molar-refractivity contribution in [1.29, 1.82) is 0 Å². The highest BCUT2D eigenvalue weighted by Crippen LogP contribution is 2.41. The van der Waals surface area contributed by atoms with Crippen molar-refractivity contribution in [2.24, 2.45) is 0 Å². The molecule has 1 aliphatic carbocycles. The van der Waals surface area contributed by atoms with E-state index in [1.165, 1.54) is 4.90 Å². The van der Waals surface area contributed by atoms with E-state index in [1.807, 2.05) is 19.1 Å². The molecule has 4 rings (SSSR count). The molecule has 2 N–H and O–H groups in total. The van der Waals surface area contributed by atoms with Gasteiger partial charge in [-0.2, -0.15) is 5.48 Å². The number of hydroxylamine groups is 1. The molecule has 3 fully saturated rings. The van der Waals surface area contributed by atoms with Crippen LogP contribution in [0.2, 0.25) is 0 Å². The van der Waals surface area contributed by atoms with E-state index < -0.39 is 17.6 Å². The van der Waals surface area contributed by atoms with E-state index in [4.69, 9.17) is 14.3 Å². The Morgan fingerprint density at radius 3 is 2.60 bits per heavy atom. The number of amides is 1. The summed E-state index contributed by atoms with van der Waals surface area (Å²) in [6.07, 6.45) is 5.79. The zero-order valence-electron chi connectivity index (χ0n) is 17.6. The van der Waals surface area contributed by atoms with Crippen LogP contribution in [0.4, 0.5) is 0 Å². The Kier molecular flexibility index (Phi) is 5.88. The minimum Gasteiger partial charge on any atom is -0.493 e. The number of ether oxygens (including phenoxy) is 2. The van der Waals surface area contributed by atoms with Gasteiger partial charge in [0.1, 0.15) is 11.6 Å². The molecule has 2 heterocycles. The maximum absolute atomic E-state index is 13.7. The minimum atomic E-state index is -1.16. The molecule has 8 heteroatoms. The predicted octanol–water partition coefficient (Wildman–Crippen LogP) is 2.60. The van der Waals surface area contributed by atoms with Gasteiger partial charge >= 0.3 is 5.97 Å². The van der Waals surface area contributed by atoms with Crippen LogP contribution in [0.25, 0.3) is 0 Å². The highest BCUT2D eigenvalue weighted by atomic mass is 16.7. The molecule has 1 aromatic rings. The van der Waals surface area contributed by atoms with E-state index in [9.17, 15) is 14.7 Å². The van der Waals surface area contributed by atoms with Gasteiger partial charge in [0.15, 0.2) is 11.5 Å². The fourth-order valence-corrected chi connectivity index (χ4v) is 4.88. The lowest BCUT2D eigenvalue weighted by atomic mass is 9.84. The molecular weight excluding hydrogens is 388 g/mol. The van der Waals surface area contributed by atoms with E-state index in [1.54, 1.807) is 13.2 Å². The summed E-state index contributed by atoms with van der Waals surface area (Å²) >= 11 is 0. The summed E-state index contributed by atoms with van der Waals surface area (Å²) in [5.41, 5.74) is 2.49. The number of methoxy groups -OCH3 is 1. The maximum atomic E-state index is 13.7. The van der Waals surface area contributed by atoms with Crippen molar-refractivity contribution in [1.82, 2.24) is 10.4 Å². The SMILES string of the molecule is COc1ccc(C2(C(=O)N3CCCC3C(=O)O)CC(C)ON2)cc1OC1CCCC1. The summed E-state index contributed by atoms with van der Waals surface area (Å²) in [6.45, 7) is 2.31. The van der Waals surface area contributed by atoms with Crippen LogP contribution in [0.1, 0.15) is 57.4 Å². The Morgan fingerprint density at radius 2 is 1.97 bits per heavy atom. The van der Waals surface area contributed by atoms with Gasteiger partial charge in [-0.3, -0.25) is 9.63 Å². The Bertz CT molecular complexity index is 809. The number of carbonyl (C=O) groups excluding carboxylic acids is 1. The van der Waals surface area contributed by atoms with Crippen LogP contribution >= 0.6 is 0 Å². The second-order valence-corrected chi connectivity index (χ2v) is 8.52. The number of hydrogen-bond acceptors (Lipinski definition) is 6. The van der Waals surface area contributed by atoms with E-state index >= 15 is 0 Å². The topological polar surface area (TPSA) is 97.3 Å². The molecule has 3 unspecified atom stereocenters. The number of rotatable bonds is 6. The molecule has 3 atom stereocenters. The molecular formula is C22H30N2O6. The Morgan fingerprint density at radius 1 is 1.20 bits per heavy atom. The molecule has 164 valence electrons. The lowest BCUT2D eigenvalue weighted by Crippen LogP contribution is -2.55. The largest absolute Gasteiger partial charge is 0.493 e. The van der Waals surface area contributed by atoms with Crippen LogP contribution in [0, 0.1) is 0 Å². The summed E-state index contributed by atoms with van der Waals surface area (Å²) in [7, 11) is 1.60. The van der Waals surface area contributed by atoms with Gasteiger partial charge in [0.05, 0.1) is 19.3 Å². The van der Waals surface area contributed by atoms with E-state index in [-0.39, 0.29) is 18.1 Å². The van der Waals surface area contributed by atoms with Crippen LogP contribution in [-0.2, 0) is 20.0 Å². The molecule has 1 amide bonds. The number of nitrogens with one attached hydrogen (secondary N) is 1. The predicted molar refractivity (Wildman–Crippen MR) is 108 cm³/mol. The molecule has 1 aromatic carbocycles. The van der Waals surface area contributed by atoms with E-state index in [0.29, 0.717) is 42.9 Å². The van der Waals surface area contributed by atoms with Crippen molar-refractivity contribution in [2.75, 3.05) is 13.7 Å². The van der Waals surface area contributed by atoms with Crippen LogP contribution in [0.15, 0.2) is 18.2 Å². The zero-order valence-corrected chi connectivity index (χ0v) is 17.6. The molecule has 8 nitrogen and oxygen atoms in total. The third-order valence-corrected chi connectivity index (χ3v) is 6.44. The van der Waals surface area contributed by atoms with Gasteiger partial charge in [-0.1, -0.05) is 6.07 Å². The molecule has 1 saturated carbocycles. The van der Waals surface area contributed by atoms with Crippen molar-refractivity contribution in [2.45, 2.75) is 75.7 Å². The number of hydrogen-bond donors (Lipinski definition) is 2. The van der Waals surface area contributed by atoms with Gasteiger partial charge in [-0.25, -0.2) is 4.79 Å². The van der Waals surface area contributed by atoms with Gasteiger partial charge in [-0.05, 0) is 63.1 Å². The quantitative estimate of drug-likeness (QED) is 0.733. The Hall–Kier alpha value is -2.32. The van der Waals surface area contributed by atoms with Crippen molar-refractivity contribution in [3.8, 4) is 11.5 Å². The third-order valence-electron chi connectivity index (χ3n) is 6.44. The number of benzene rings is 1. The van der Waals surface area contributed by atoms with Gasteiger partial charge in [0, 0.05) is 13.0 Å². The number of carboxylic acids is 1. The molecule has 2 saturated heterocycles. The van der Waals surface area contributed by atoms with Gasteiger partial charge in [0.2, 0.25) is 0 Å². The summed E-state index contributed by atoms with van der Waals surface area (Å²) < 4.78 is 11.7. The second-order valence-electron chi connectivity index (χ2n) is 8.52. The monoisotopic (exact) mass is 418 g/mol. The third kappa shape index (κ3) is 3.74. The Labute approximate surface area is 176 Å². The molecule has 3 aliphatic rings. The van der Waals surface area contributed by atoms with Crippen LogP contribution in [0.3, 0.4) is 0 Å². The molecule has 2 aliphatic heterocycles. The van der Waals surface area contributed by atoms with Crippen molar-refractivity contribution < 1.29 is 29.0 Å². The normalized spacial score (nSPS) is 29.3. The first-order valence-electron chi connectivity index (χ1n) is 10.8. The lowest BCUT2D eigenvalue weighted by Gasteiger charge is -2.34. The molecule has 0 spiro atoms. The van der Waals surface area contributed by atoms with Crippen LogP contribution in [0.5, 0.6) is 11.5 Å². The van der Waals surface area contributed by atoms with Crippen molar-refractivity contribution in [3.05, 3.63) is 23.8 Å². The summed E-state index contributed by atoms with van der Waals surface area (Å²) in [6, 6.07) is 4.67. The smallest absolute Gasteiger partial charge is 0.326 e. The van der Waals surface area contributed by atoms with Crippen LogP contribution < -0.4 is 15.0 Å². The molecule has 0 aromatic heterocycles. The zero-order chi connectivity index (χ0) is 21.3. The van der Waals surface area contributed by atoms with E-state index in [0.717, 1.165) is 25.7 Å². The number of likely N-dealkylation sites (tertiary alicyclic amines) is 1. The second kappa shape index (κ2) is 8.43. The van der Waals surface area contributed by atoms with Crippen LogP contribution in [-0.4, -0.2) is 53.8 Å². The first kappa shape index (κ1) is 20.9. The van der Waals surface area contributed by atoms with Crippen molar-refractivity contribution >= 4 is 11.9 Å². The first-order chi connectivity index (χ1) is 14.4. The Balaban J connectivity index is 1.70. The van der Waals surface area contributed by atoms with Gasteiger partial charge in [0.25, 0.3) is 5.91 Å². The minimum absolute atomic E-state index is 0.141. The number of aliphatic carboxylic acids is 1. The fraction of sp³-hybridized carbons (Fsp3) is 0.636. The maximum Gasteiger partial charge on any atom is 0.326 e. The van der Waals surface area contributed by atoms with E-state index in [2.05, 4.69) is 5.48 Å². The van der Waals surface area contributed by atoms with Crippen molar-refractivity contribution in [3.63, 3.8) is 0 Å². The molecule has 30 heavy (non-hydrogen) atoms. The number of nitrogens with zero attached hydrogens (tertiary/aromatic N) is 1. The van der Waals surface area contributed by atoms with Gasteiger partial charge in [-0.15, -0.1) is 0 Å². The molecule has 0 radical (unpaired) electrons. The average molecular weight is 418 g/mol. The average Bonchev–Trinajstić information content (AvgIpc) is 3.48. The number of carbonyl (C=O) groups is 2. The highest BCUT2D eigenvalue weighted by molar-refractivity contribution is 5.92. The standard InChI is InChI=1S/C22H30N2O6/c1-14-13-22(23-30-14,21(27)24-11-5-8-17(24)20(25)26)15-9-10-18(28-2)19(12-15)29-16-6-3-4-7-16/h9-10,12,14,16-17,23H,3-8,11,13H2,1-2H3,(H,25,26). The molecule has 0 bridgehead atoms.